The average Bonchev–Trinajstić information content (AvgIpc) is 3.18. The number of likely N-dealkylation sites (tertiary alicyclic amines) is 1. The molecule has 1 N–H and O–H groups in total. The molecule has 2 aromatic rings. The number of H-pyrrole nitrogens is 1. The van der Waals surface area contributed by atoms with Crippen molar-refractivity contribution in [2.45, 2.75) is 25.8 Å². The van der Waals surface area contributed by atoms with Crippen molar-refractivity contribution in [3.8, 4) is 17.4 Å². The first-order valence-corrected chi connectivity index (χ1v) is 7.08. The smallest absolute Gasteiger partial charge is 0.335 e. The molecule has 0 unspecified atom stereocenters. The van der Waals surface area contributed by atoms with E-state index in [1.165, 1.54) is 31.5 Å². The summed E-state index contributed by atoms with van der Waals surface area (Å²) in [6, 6.07) is 9.37. The van der Waals surface area contributed by atoms with Crippen LogP contribution in [0.2, 0.25) is 0 Å². The van der Waals surface area contributed by atoms with Crippen molar-refractivity contribution >= 4 is 0 Å². The molecule has 1 aliphatic rings. The van der Waals surface area contributed by atoms with Crippen LogP contribution in [0.1, 0.15) is 31.4 Å². The van der Waals surface area contributed by atoms with Crippen molar-refractivity contribution in [1.82, 2.24) is 20.1 Å². The van der Waals surface area contributed by atoms with Gasteiger partial charge in [0.05, 0.1) is 7.11 Å². The molecule has 1 aromatic carbocycles. The van der Waals surface area contributed by atoms with Gasteiger partial charge in [-0.05, 0) is 38.4 Å². The lowest BCUT2D eigenvalue weighted by Crippen LogP contribution is -2.23. The Morgan fingerprint density at radius 1 is 1.20 bits per heavy atom. The first-order chi connectivity index (χ1) is 9.78. The van der Waals surface area contributed by atoms with Crippen molar-refractivity contribution in [3.63, 3.8) is 0 Å². The Balaban J connectivity index is 1.76. The maximum Gasteiger partial charge on any atom is 0.335 e. The molecule has 0 amide bonds. The summed E-state index contributed by atoms with van der Waals surface area (Å²) in [5, 5.41) is 6.85. The number of methoxy groups -OCH3 is 1. The maximum absolute atomic E-state index is 4.99. The highest BCUT2D eigenvalue weighted by molar-refractivity contribution is 5.55. The molecule has 1 aromatic heterocycles. The van der Waals surface area contributed by atoms with Crippen LogP contribution in [0.4, 0.5) is 0 Å². The second-order valence-electron chi connectivity index (χ2n) is 5.21. The molecule has 5 heteroatoms. The fourth-order valence-electron chi connectivity index (χ4n) is 2.73. The van der Waals surface area contributed by atoms with Crippen LogP contribution >= 0.6 is 0 Å². The molecule has 0 saturated carbocycles. The Bertz CT molecular complexity index is 558. The van der Waals surface area contributed by atoms with Gasteiger partial charge in [-0.15, -0.1) is 5.10 Å². The quantitative estimate of drug-likeness (QED) is 0.929. The number of benzene rings is 1. The Kier molecular flexibility index (Phi) is 3.69. The third-order valence-electron chi connectivity index (χ3n) is 4.00. The second kappa shape index (κ2) is 5.63. The van der Waals surface area contributed by atoms with E-state index in [0.29, 0.717) is 12.1 Å². The van der Waals surface area contributed by atoms with E-state index in [4.69, 9.17) is 4.74 Å². The second-order valence-corrected chi connectivity index (χ2v) is 5.21. The summed E-state index contributed by atoms with van der Waals surface area (Å²) in [6.45, 7) is 4.70. The van der Waals surface area contributed by atoms with Crippen LogP contribution in [-0.4, -0.2) is 40.3 Å². The van der Waals surface area contributed by atoms with E-state index in [1.54, 1.807) is 7.11 Å². The topological polar surface area (TPSA) is 54.0 Å². The zero-order valence-corrected chi connectivity index (χ0v) is 12.0. The molecule has 0 aliphatic carbocycles. The summed E-state index contributed by atoms with van der Waals surface area (Å²) < 4.78 is 4.99. The maximum atomic E-state index is 4.99. The van der Waals surface area contributed by atoms with Crippen LogP contribution in [0.5, 0.6) is 6.01 Å². The number of hydrogen-bond acceptors (Lipinski definition) is 4. The first-order valence-electron chi connectivity index (χ1n) is 7.08. The molecular formula is C15H20N4O. The molecule has 1 atom stereocenters. The van der Waals surface area contributed by atoms with Gasteiger partial charge in [0.15, 0.2) is 5.82 Å². The Morgan fingerprint density at radius 2 is 1.90 bits per heavy atom. The number of rotatable bonds is 4. The summed E-state index contributed by atoms with van der Waals surface area (Å²) in [4.78, 5) is 6.79. The van der Waals surface area contributed by atoms with Crippen LogP contribution in [0.3, 0.4) is 0 Å². The van der Waals surface area contributed by atoms with E-state index < -0.39 is 0 Å². The van der Waals surface area contributed by atoms with Gasteiger partial charge in [-0.25, -0.2) is 0 Å². The monoisotopic (exact) mass is 272 g/mol. The van der Waals surface area contributed by atoms with E-state index in [9.17, 15) is 0 Å². The van der Waals surface area contributed by atoms with Crippen molar-refractivity contribution in [2.75, 3.05) is 20.2 Å². The Morgan fingerprint density at radius 3 is 2.50 bits per heavy atom. The van der Waals surface area contributed by atoms with E-state index in [2.05, 4.69) is 51.3 Å². The van der Waals surface area contributed by atoms with Crippen LogP contribution in [-0.2, 0) is 0 Å². The molecule has 1 aliphatic heterocycles. The summed E-state index contributed by atoms with van der Waals surface area (Å²) in [6.07, 6.45) is 2.64. The highest BCUT2D eigenvalue weighted by Crippen LogP contribution is 2.26. The normalized spacial score (nSPS) is 17.3. The fourth-order valence-corrected chi connectivity index (χ4v) is 2.73. The van der Waals surface area contributed by atoms with E-state index >= 15 is 0 Å². The molecule has 1 fully saturated rings. The Hall–Kier alpha value is -1.88. The van der Waals surface area contributed by atoms with Crippen molar-refractivity contribution in [2.24, 2.45) is 0 Å². The molecule has 20 heavy (non-hydrogen) atoms. The molecular weight excluding hydrogens is 252 g/mol. The lowest BCUT2D eigenvalue weighted by Gasteiger charge is -2.24. The molecule has 2 heterocycles. The zero-order chi connectivity index (χ0) is 13.9. The van der Waals surface area contributed by atoms with Crippen LogP contribution in [0.15, 0.2) is 24.3 Å². The molecule has 3 rings (SSSR count). The van der Waals surface area contributed by atoms with E-state index in [0.717, 1.165) is 11.4 Å². The van der Waals surface area contributed by atoms with Crippen LogP contribution in [0.25, 0.3) is 11.4 Å². The zero-order valence-electron chi connectivity index (χ0n) is 12.0. The van der Waals surface area contributed by atoms with Crippen LogP contribution in [0, 0.1) is 0 Å². The molecule has 0 bridgehead atoms. The third-order valence-corrected chi connectivity index (χ3v) is 4.00. The standard InChI is InChI=1S/C15H20N4O/c1-11(19-9-3-4-10-19)12-5-7-13(8-6-12)14-16-15(20-2)18-17-14/h5-8,11H,3-4,9-10H2,1-2H3,(H,16,17,18)/t11-/m1/s1. The average molecular weight is 272 g/mol. The summed E-state index contributed by atoms with van der Waals surface area (Å²) in [7, 11) is 1.56. The molecule has 106 valence electrons. The number of nitrogens with zero attached hydrogens (tertiary/aromatic N) is 3. The minimum atomic E-state index is 0.370. The van der Waals surface area contributed by atoms with Gasteiger partial charge in [0.1, 0.15) is 0 Å². The minimum Gasteiger partial charge on any atom is -0.466 e. The summed E-state index contributed by atoms with van der Waals surface area (Å²) >= 11 is 0. The highest BCUT2D eigenvalue weighted by atomic mass is 16.5. The van der Waals surface area contributed by atoms with Gasteiger partial charge < -0.3 is 4.74 Å². The summed E-state index contributed by atoms with van der Waals surface area (Å²) in [5.74, 6) is 0.738. The van der Waals surface area contributed by atoms with E-state index in [1.807, 2.05) is 0 Å². The lowest BCUT2D eigenvalue weighted by atomic mass is 10.0. The number of nitrogens with one attached hydrogen (secondary N) is 1. The van der Waals surface area contributed by atoms with Crippen molar-refractivity contribution < 1.29 is 4.74 Å². The van der Waals surface area contributed by atoms with Gasteiger partial charge in [0.2, 0.25) is 0 Å². The number of aromatic amines is 1. The van der Waals surface area contributed by atoms with Crippen LogP contribution < -0.4 is 4.74 Å². The summed E-state index contributed by atoms with van der Waals surface area (Å²) in [5.41, 5.74) is 2.38. The van der Waals surface area contributed by atoms with Gasteiger partial charge in [-0.2, -0.15) is 4.98 Å². The number of aromatic nitrogens is 3. The SMILES string of the molecule is COc1n[nH]c(-c2ccc([C@@H](C)N3CCCC3)cc2)n1. The largest absolute Gasteiger partial charge is 0.466 e. The van der Waals surface area contributed by atoms with Crippen molar-refractivity contribution in [3.05, 3.63) is 29.8 Å². The fraction of sp³-hybridized carbons (Fsp3) is 0.467. The third kappa shape index (κ3) is 2.54. The van der Waals surface area contributed by atoms with Gasteiger partial charge in [-0.3, -0.25) is 10.00 Å². The lowest BCUT2D eigenvalue weighted by molar-refractivity contribution is 0.263. The van der Waals surface area contributed by atoms with E-state index in [-0.39, 0.29) is 0 Å². The molecule has 1 saturated heterocycles. The molecule has 5 nitrogen and oxygen atoms in total. The highest BCUT2D eigenvalue weighted by Gasteiger charge is 2.19. The van der Waals surface area contributed by atoms with Gasteiger partial charge in [0, 0.05) is 11.6 Å². The first kappa shape index (κ1) is 13.1. The van der Waals surface area contributed by atoms with Gasteiger partial charge >= 0.3 is 6.01 Å². The molecule has 0 spiro atoms. The Labute approximate surface area is 119 Å². The predicted molar refractivity (Wildman–Crippen MR) is 77.6 cm³/mol. The van der Waals surface area contributed by atoms with Gasteiger partial charge in [0.25, 0.3) is 0 Å². The van der Waals surface area contributed by atoms with Gasteiger partial charge in [-0.1, -0.05) is 24.3 Å². The van der Waals surface area contributed by atoms with Crippen molar-refractivity contribution in [1.29, 1.82) is 0 Å². The minimum absolute atomic E-state index is 0.370. The predicted octanol–water partition coefficient (Wildman–Crippen LogP) is 2.64. The number of ether oxygens (including phenoxy) is 1. The number of hydrogen-bond donors (Lipinski definition) is 1. The molecule has 0 radical (unpaired) electrons.